The molecule has 0 amide bonds. The Bertz CT molecular complexity index is 200. The molecular weight excluding hydrogens is 172 g/mol. The van der Waals surface area contributed by atoms with Crippen LogP contribution < -0.4 is 0 Å². The standard InChI is InChI=1S/C12H20N2/c1-4-7-12-13(8-5-2)10-11-14(12)9-6-3/h5-6,10-12H,2-4,7-9H2,1H3. The molecule has 0 unspecified atom stereocenters. The first-order valence-electron chi connectivity index (χ1n) is 5.25. The van der Waals surface area contributed by atoms with Crippen molar-refractivity contribution in [1.82, 2.24) is 9.80 Å². The van der Waals surface area contributed by atoms with Crippen molar-refractivity contribution in [2.24, 2.45) is 0 Å². The average molecular weight is 192 g/mol. The Balaban J connectivity index is 2.57. The van der Waals surface area contributed by atoms with Crippen molar-refractivity contribution < 1.29 is 0 Å². The quantitative estimate of drug-likeness (QED) is 0.597. The van der Waals surface area contributed by atoms with Gasteiger partial charge in [0.2, 0.25) is 0 Å². The number of hydrogen-bond donors (Lipinski definition) is 0. The van der Waals surface area contributed by atoms with E-state index >= 15 is 0 Å². The zero-order valence-corrected chi connectivity index (χ0v) is 9.02. The Hall–Kier alpha value is -1.18. The van der Waals surface area contributed by atoms with Crippen LogP contribution in [0.1, 0.15) is 19.8 Å². The van der Waals surface area contributed by atoms with Gasteiger partial charge < -0.3 is 9.80 Å². The van der Waals surface area contributed by atoms with Crippen molar-refractivity contribution in [3.05, 3.63) is 37.7 Å². The molecule has 2 heteroatoms. The molecule has 1 aliphatic rings. The van der Waals surface area contributed by atoms with E-state index in [1.807, 2.05) is 12.2 Å². The van der Waals surface area contributed by atoms with E-state index in [1.165, 1.54) is 12.8 Å². The molecule has 1 heterocycles. The maximum Gasteiger partial charge on any atom is 0.101 e. The van der Waals surface area contributed by atoms with Gasteiger partial charge in [-0.05, 0) is 6.42 Å². The third-order valence-electron chi connectivity index (χ3n) is 2.44. The molecule has 1 aliphatic heterocycles. The second kappa shape index (κ2) is 5.53. The monoisotopic (exact) mass is 192 g/mol. The predicted octanol–water partition coefficient (Wildman–Crippen LogP) is 2.57. The van der Waals surface area contributed by atoms with Crippen molar-refractivity contribution in [2.75, 3.05) is 13.1 Å². The van der Waals surface area contributed by atoms with Gasteiger partial charge in [-0.2, -0.15) is 0 Å². The second-order valence-electron chi connectivity index (χ2n) is 3.54. The fourth-order valence-electron chi connectivity index (χ4n) is 1.81. The topological polar surface area (TPSA) is 6.48 Å². The highest BCUT2D eigenvalue weighted by atomic mass is 15.4. The minimum absolute atomic E-state index is 0.496. The largest absolute Gasteiger partial charge is 0.352 e. The summed E-state index contributed by atoms with van der Waals surface area (Å²) in [6.07, 6.45) is 11.1. The zero-order chi connectivity index (χ0) is 10.4. The van der Waals surface area contributed by atoms with E-state index in [1.54, 1.807) is 0 Å². The van der Waals surface area contributed by atoms with Crippen LogP contribution in [0, 0.1) is 0 Å². The third-order valence-corrected chi connectivity index (χ3v) is 2.44. The molecule has 78 valence electrons. The third kappa shape index (κ3) is 2.41. The van der Waals surface area contributed by atoms with E-state index in [0.29, 0.717) is 6.17 Å². The first kappa shape index (κ1) is 10.9. The van der Waals surface area contributed by atoms with Crippen LogP contribution in [0.15, 0.2) is 37.7 Å². The van der Waals surface area contributed by atoms with Gasteiger partial charge in [-0.15, -0.1) is 13.2 Å². The molecule has 0 aromatic rings. The van der Waals surface area contributed by atoms with E-state index in [0.717, 1.165) is 13.1 Å². The molecule has 0 fully saturated rings. The van der Waals surface area contributed by atoms with E-state index < -0.39 is 0 Å². The van der Waals surface area contributed by atoms with E-state index in [4.69, 9.17) is 0 Å². The van der Waals surface area contributed by atoms with Gasteiger partial charge in [-0.25, -0.2) is 0 Å². The Morgan fingerprint density at radius 3 is 2.00 bits per heavy atom. The molecular formula is C12H20N2. The van der Waals surface area contributed by atoms with Crippen LogP contribution in [-0.4, -0.2) is 29.1 Å². The lowest BCUT2D eigenvalue weighted by molar-refractivity contribution is 0.164. The summed E-state index contributed by atoms with van der Waals surface area (Å²) in [5.74, 6) is 0. The summed E-state index contributed by atoms with van der Waals surface area (Å²) >= 11 is 0. The summed E-state index contributed by atoms with van der Waals surface area (Å²) in [4.78, 5) is 4.64. The summed E-state index contributed by atoms with van der Waals surface area (Å²) < 4.78 is 0. The van der Waals surface area contributed by atoms with Gasteiger partial charge >= 0.3 is 0 Å². The molecule has 0 spiro atoms. The maximum atomic E-state index is 3.78. The van der Waals surface area contributed by atoms with Crippen LogP contribution in [0.25, 0.3) is 0 Å². The number of nitrogens with zero attached hydrogens (tertiary/aromatic N) is 2. The lowest BCUT2D eigenvalue weighted by Gasteiger charge is -2.31. The van der Waals surface area contributed by atoms with Crippen molar-refractivity contribution in [2.45, 2.75) is 25.9 Å². The first-order valence-corrected chi connectivity index (χ1v) is 5.25. The molecule has 0 saturated heterocycles. The SMILES string of the molecule is C=CCN1C=CN(CC=C)C1CCC. The molecule has 0 saturated carbocycles. The van der Waals surface area contributed by atoms with E-state index in [9.17, 15) is 0 Å². The van der Waals surface area contributed by atoms with Crippen LogP contribution in [0.3, 0.4) is 0 Å². The minimum atomic E-state index is 0.496. The van der Waals surface area contributed by atoms with Crippen LogP contribution in [0.5, 0.6) is 0 Å². The summed E-state index contributed by atoms with van der Waals surface area (Å²) in [6, 6.07) is 0. The van der Waals surface area contributed by atoms with Crippen LogP contribution in [-0.2, 0) is 0 Å². The second-order valence-corrected chi connectivity index (χ2v) is 3.54. The molecule has 0 atom stereocenters. The van der Waals surface area contributed by atoms with E-state index in [2.05, 4.69) is 42.3 Å². The molecule has 0 N–H and O–H groups in total. The van der Waals surface area contributed by atoms with Gasteiger partial charge in [0.05, 0.1) is 0 Å². The molecule has 1 rings (SSSR count). The van der Waals surface area contributed by atoms with Crippen molar-refractivity contribution >= 4 is 0 Å². The number of rotatable bonds is 6. The summed E-state index contributed by atoms with van der Waals surface area (Å²) in [5.41, 5.74) is 0. The van der Waals surface area contributed by atoms with Gasteiger partial charge in [0, 0.05) is 25.5 Å². The Morgan fingerprint density at radius 2 is 1.64 bits per heavy atom. The van der Waals surface area contributed by atoms with Crippen molar-refractivity contribution in [1.29, 1.82) is 0 Å². The number of hydrogen-bond acceptors (Lipinski definition) is 2. The summed E-state index contributed by atoms with van der Waals surface area (Å²) in [6.45, 7) is 11.6. The van der Waals surface area contributed by atoms with Gasteiger partial charge in [0.25, 0.3) is 0 Å². The van der Waals surface area contributed by atoms with Gasteiger partial charge in [0.15, 0.2) is 0 Å². The maximum absolute atomic E-state index is 3.78. The lowest BCUT2D eigenvalue weighted by atomic mass is 10.2. The smallest absolute Gasteiger partial charge is 0.101 e. The van der Waals surface area contributed by atoms with Gasteiger partial charge in [-0.3, -0.25) is 0 Å². The zero-order valence-electron chi connectivity index (χ0n) is 9.02. The molecule has 0 aromatic carbocycles. The minimum Gasteiger partial charge on any atom is -0.352 e. The van der Waals surface area contributed by atoms with Crippen molar-refractivity contribution in [3.63, 3.8) is 0 Å². The Kier molecular flexibility index (Phi) is 4.30. The highest BCUT2D eigenvalue weighted by molar-refractivity contribution is 5.00. The Morgan fingerprint density at radius 1 is 1.14 bits per heavy atom. The van der Waals surface area contributed by atoms with Gasteiger partial charge in [0.1, 0.15) is 6.17 Å². The van der Waals surface area contributed by atoms with E-state index in [-0.39, 0.29) is 0 Å². The molecule has 0 radical (unpaired) electrons. The van der Waals surface area contributed by atoms with Gasteiger partial charge in [-0.1, -0.05) is 25.5 Å². The summed E-state index contributed by atoms with van der Waals surface area (Å²) in [5, 5.41) is 0. The van der Waals surface area contributed by atoms with Crippen LogP contribution >= 0.6 is 0 Å². The Labute approximate surface area is 87.2 Å². The molecule has 14 heavy (non-hydrogen) atoms. The average Bonchev–Trinajstić information content (AvgIpc) is 2.52. The molecule has 2 nitrogen and oxygen atoms in total. The van der Waals surface area contributed by atoms with Crippen LogP contribution in [0.2, 0.25) is 0 Å². The molecule has 0 aromatic heterocycles. The first-order chi connectivity index (χ1) is 6.83. The lowest BCUT2D eigenvalue weighted by Crippen LogP contribution is -2.38. The molecule has 0 bridgehead atoms. The predicted molar refractivity (Wildman–Crippen MR) is 61.6 cm³/mol. The van der Waals surface area contributed by atoms with Crippen molar-refractivity contribution in [3.8, 4) is 0 Å². The highest BCUT2D eigenvalue weighted by Gasteiger charge is 2.22. The normalized spacial score (nSPS) is 16.4. The fraction of sp³-hybridized carbons (Fsp3) is 0.500. The summed E-state index contributed by atoms with van der Waals surface area (Å²) in [7, 11) is 0. The highest BCUT2D eigenvalue weighted by Crippen LogP contribution is 2.19. The fourth-order valence-corrected chi connectivity index (χ4v) is 1.81. The van der Waals surface area contributed by atoms with Crippen LogP contribution in [0.4, 0.5) is 0 Å². The molecule has 0 aliphatic carbocycles.